The number of thioether (sulfide) groups is 1. The van der Waals surface area contributed by atoms with Gasteiger partial charge in [-0.2, -0.15) is 16.1 Å². The summed E-state index contributed by atoms with van der Waals surface area (Å²) < 4.78 is 26.1. The average molecular weight is 386 g/mol. The number of carbonyl (C=O) groups is 2. The Kier molecular flexibility index (Phi) is 6.86. The highest BCUT2D eigenvalue weighted by atomic mass is 32.2. The molecular weight excluding hydrogens is 362 g/mol. The maximum absolute atomic E-state index is 12.5. The molecule has 25 heavy (non-hydrogen) atoms. The van der Waals surface area contributed by atoms with Crippen molar-refractivity contribution in [1.29, 1.82) is 0 Å². The molecule has 0 bridgehead atoms. The predicted octanol–water partition coefficient (Wildman–Crippen LogP) is 1.28. The molecule has 1 fully saturated rings. The van der Waals surface area contributed by atoms with Gasteiger partial charge in [-0.3, -0.25) is 9.59 Å². The Morgan fingerprint density at radius 3 is 2.36 bits per heavy atom. The highest BCUT2D eigenvalue weighted by molar-refractivity contribution is 7.99. The van der Waals surface area contributed by atoms with Crippen LogP contribution in [0.3, 0.4) is 0 Å². The Morgan fingerprint density at radius 2 is 1.80 bits per heavy atom. The zero-order valence-corrected chi connectivity index (χ0v) is 16.0. The fourth-order valence-corrected chi connectivity index (χ4v) is 4.73. The van der Waals surface area contributed by atoms with E-state index in [1.807, 2.05) is 11.8 Å². The number of hydrogen-bond donors (Lipinski definition) is 2. The fourth-order valence-electron chi connectivity index (χ4n) is 2.50. The van der Waals surface area contributed by atoms with Crippen LogP contribution in [0, 0.1) is 0 Å². The largest absolute Gasteiger partial charge is 0.352 e. The van der Waals surface area contributed by atoms with Crippen molar-refractivity contribution in [2.45, 2.75) is 30.7 Å². The van der Waals surface area contributed by atoms with Crippen molar-refractivity contribution in [1.82, 2.24) is 9.62 Å². The summed E-state index contributed by atoms with van der Waals surface area (Å²) in [6.45, 7) is 1.15. The number of benzene rings is 1. The van der Waals surface area contributed by atoms with Gasteiger partial charge in [0.15, 0.2) is 0 Å². The van der Waals surface area contributed by atoms with Crippen molar-refractivity contribution in [3.05, 3.63) is 24.3 Å². The lowest BCUT2D eigenvalue weighted by Crippen LogP contribution is -2.43. The molecule has 1 aromatic carbocycles. The number of carbonyl (C=O) groups excluding carboxylic acids is 2. The van der Waals surface area contributed by atoms with Crippen LogP contribution in [0.25, 0.3) is 0 Å². The predicted molar refractivity (Wildman–Crippen MR) is 99.1 cm³/mol. The molecule has 2 amide bonds. The molecule has 138 valence electrons. The van der Waals surface area contributed by atoms with Crippen LogP contribution in [0.15, 0.2) is 29.2 Å². The second kappa shape index (κ2) is 8.68. The maximum atomic E-state index is 12.5. The van der Waals surface area contributed by atoms with Crippen LogP contribution < -0.4 is 10.6 Å². The number of anilines is 1. The Hall–Kier alpha value is -1.58. The van der Waals surface area contributed by atoms with E-state index in [-0.39, 0.29) is 29.3 Å². The lowest BCUT2D eigenvalue weighted by atomic mass is 10.1. The van der Waals surface area contributed by atoms with Gasteiger partial charge in [0.25, 0.3) is 0 Å². The van der Waals surface area contributed by atoms with Gasteiger partial charge in [-0.25, -0.2) is 8.42 Å². The van der Waals surface area contributed by atoms with E-state index in [0.29, 0.717) is 5.69 Å². The molecule has 1 heterocycles. The molecule has 0 spiro atoms. The first-order valence-electron chi connectivity index (χ1n) is 8.00. The Morgan fingerprint density at radius 1 is 1.20 bits per heavy atom. The first kappa shape index (κ1) is 19.7. The van der Waals surface area contributed by atoms with E-state index in [0.717, 1.165) is 28.7 Å². The van der Waals surface area contributed by atoms with Gasteiger partial charge in [0.2, 0.25) is 21.8 Å². The monoisotopic (exact) mass is 385 g/mol. The van der Waals surface area contributed by atoms with Crippen molar-refractivity contribution in [2.75, 3.05) is 30.4 Å². The molecule has 1 saturated heterocycles. The first-order chi connectivity index (χ1) is 11.8. The van der Waals surface area contributed by atoms with Gasteiger partial charge < -0.3 is 10.6 Å². The minimum absolute atomic E-state index is 0.0750. The Bertz CT molecular complexity index is 713. The molecule has 1 aliphatic rings. The van der Waals surface area contributed by atoms with E-state index in [2.05, 4.69) is 10.6 Å². The summed E-state index contributed by atoms with van der Waals surface area (Å²) in [7, 11) is -2.38. The average Bonchev–Trinajstić information content (AvgIpc) is 2.55. The van der Waals surface area contributed by atoms with Gasteiger partial charge in [0.1, 0.15) is 0 Å². The summed E-state index contributed by atoms with van der Waals surface area (Å²) in [5, 5.41) is 5.48. The molecule has 0 aromatic heterocycles. The Balaban J connectivity index is 1.97. The second-order valence-electron chi connectivity index (χ2n) is 5.92. The molecule has 0 radical (unpaired) electrons. The van der Waals surface area contributed by atoms with Crippen molar-refractivity contribution in [3.63, 3.8) is 0 Å². The van der Waals surface area contributed by atoms with Gasteiger partial charge >= 0.3 is 0 Å². The minimum atomic E-state index is -3.76. The van der Waals surface area contributed by atoms with Gasteiger partial charge in [-0.15, -0.1) is 0 Å². The van der Waals surface area contributed by atoms with Crippen LogP contribution in [0.2, 0.25) is 0 Å². The SMILES string of the molecule is CC(=O)Nc1ccc(S(=O)(=O)N(C)CC(=O)NC2CCSCC2)cc1. The summed E-state index contributed by atoms with van der Waals surface area (Å²) >= 11 is 1.86. The summed E-state index contributed by atoms with van der Waals surface area (Å²) in [4.78, 5) is 23.2. The van der Waals surface area contributed by atoms with E-state index in [1.54, 1.807) is 0 Å². The molecule has 0 atom stereocenters. The van der Waals surface area contributed by atoms with Gasteiger partial charge in [-0.05, 0) is 48.6 Å². The van der Waals surface area contributed by atoms with Crippen LogP contribution in [-0.4, -0.2) is 55.7 Å². The van der Waals surface area contributed by atoms with Crippen LogP contribution in [-0.2, 0) is 19.6 Å². The number of sulfonamides is 1. The van der Waals surface area contributed by atoms with Gasteiger partial charge in [0, 0.05) is 25.7 Å². The normalized spacial score (nSPS) is 15.8. The van der Waals surface area contributed by atoms with Gasteiger partial charge in [0.05, 0.1) is 11.4 Å². The van der Waals surface area contributed by atoms with E-state index < -0.39 is 10.0 Å². The fraction of sp³-hybridized carbons (Fsp3) is 0.500. The summed E-state index contributed by atoms with van der Waals surface area (Å²) in [5.74, 6) is 1.50. The Labute approximate surface area is 152 Å². The molecular formula is C16H23N3O4S2. The van der Waals surface area contributed by atoms with E-state index >= 15 is 0 Å². The van der Waals surface area contributed by atoms with Crippen LogP contribution >= 0.6 is 11.8 Å². The number of nitrogens with one attached hydrogen (secondary N) is 2. The minimum Gasteiger partial charge on any atom is -0.352 e. The summed E-state index contributed by atoms with van der Waals surface area (Å²) in [5.41, 5.74) is 0.516. The molecule has 2 N–H and O–H groups in total. The molecule has 1 aliphatic heterocycles. The standard InChI is InChI=1S/C16H23N3O4S2/c1-12(20)17-13-3-5-15(6-4-13)25(22,23)19(2)11-16(21)18-14-7-9-24-10-8-14/h3-6,14H,7-11H2,1-2H3,(H,17,20)(H,18,21). The molecule has 0 saturated carbocycles. The maximum Gasteiger partial charge on any atom is 0.243 e. The van der Waals surface area contributed by atoms with E-state index in [4.69, 9.17) is 0 Å². The molecule has 0 unspecified atom stereocenters. The number of nitrogens with zero attached hydrogens (tertiary/aromatic N) is 1. The van der Waals surface area contributed by atoms with Gasteiger partial charge in [-0.1, -0.05) is 0 Å². The first-order valence-corrected chi connectivity index (χ1v) is 10.6. The van der Waals surface area contributed by atoms with Crippen molar-refractivity contribution < 1.29 is 18.0 Å². The lowest BCUT2D eigenvalue weighted by Gasteiger charge is -2.24. The second-order valence-corrected chi connectivity index (χ2v) is 9.19. The van der Waals surface area contributed by atoms with Crippen LogP contribution in [0.4, 0.5) is 5.69 Å². The third-order valence-corrected chi connectivity index (χ3v) is 6.70. The molecule has 1 aromatic rings. The third kappa shape index (κ3) is 5.72. The van der Waals surface area contributed by atoms with E-state index in [1.165, 1.54) is 38.2 Å². The number of hydrogen-bond acceptors (Lipinski definition) is 5. The highest BCUT2D eigenvalue weighted by Gasteiger charge is 2.24. The zero-order chi connectivity index (χ0) is 18.4. The van der Waals surface area contributed by atoms with E-state index in [9.17, 15) is 18.0 Å². The number of rotatable bonds is 6. The van der Waals surface area contributed by atoms with Crippen molar-refractivity contribution in [3.8, 4) is 0 Å². The molecule has 7 nitrogen and oxygen atoms in total. The van der Waals surface area contributed by atoms with Crippen LogP contribution in [0.5, 0.6) is 0 Å². The molecule has 0 aliphatic carbocycles. The lowest BCUT2D eigenvalue weighted by molar-refractivity contribution is -0.122. The van der Waals surface area contributed by atoms with Crippen LogP contribution in [0.1, 0.15) is 19.8 Å². The quantitative estimate of drug-likeness (QED) is 0.769. The number of likely N-dealkylation sites (N-methyl/N-ethyl adjacent to an activating group) is 1. The number of amides is 2. The van der Waals surface area contributed by atoms with Crippen molar-refractivity contribution >= 4 is 39.3 Å². The van der Waals surface area contributed by atoms with Crippen molar-refractivity contribution in [2.24, 2.45) is 0 Å². The summed E-state index contributed by atoms with van der Waals surface area (Å²) in [6.07, 6.45) is 1.83. The smallest absolute Gasteiger partial charge is 0.243 e. The summed E-state index contributed by atoms with van der Waals surface area (Å²) in [6, 6.07) is 5.98. The topological polar surface area (TPSA) is 95.6 Å². The molecule has 2 rings (SSSR count). The zero-order valence-electron chi connectivity index (χ0n) is 14.3. The third-order valence-electron chi connectivity index (χ3n) is 3.84. The highest BCUT2D eigenvalue weighted by Crippen LogP contribution is 2.18. The molecule has 9 heteroatoms.